The van der Waals surface area contributed by atoms with E-state index in [9.17, 15) is 9.59 Å². The molecule has 2 atom stereocenters. The van der Waals surface area contributed by atoms with Crippen molar-refractivity contribution in [3.8, 4) is 0 Å². The van der Waals surface area contributed by atoms with Crippen molar-refractivity contribution < 1.29 is 28.3 Å². The second-order valence-electron chi connectivity index (χ2n) is 11.6. The van der Waals surface area contributed by atoms with Crippen LogP contribution >= 0.6 is 0 Å². The topological polar surface area (TPSA) is 65.1 Å². The Morgan fingerprint density at radius 3 is 1.95 bits per heavy atom. The van der Waals surface area contributed by atoms with Crippen LogP contribution in [0.5, 0.6) is 0 Å². The van der Waals surface area contributed by atoms with E-state index in [1.54, 1.807) is 0 Å². The van der Waals surface area contributed by atoms with Gasteiger partial charge in [-0.3, -0.25) is 4.79 Å². The van der Waals surface area contributed by atoms with Crippen molar-refractivity contribution in [2.75, 3.05) is 39.5 Å². The molecule has 0 N–H and O–H groups in total. The third kappa shape index (κ3) is 5.69. The van der Waals surface area contributed by atoms with Crippen molar-refractivity contribution in [1.82, 2.24) is 4.90 Å². The zero-order valence-corrected chi connectivity index (χ0v) is 24.1. The highest BCUT2D eigenvalue weighted by Gasteiger charge is 2.57. The quantitative estimate of drug-likeness (QED) is 0.210. The highest BCUT2D eigenvalue weighted by Crippen LogP contribution is 2.47. The summed E-state index contributed by atoms with van der Waals surface area (Å²) in [7, 11) is 0. The Bertz CT molecular complexity index is 1060. The Hall–Kier alpha value is -2.74. The summed E-state index contributed by atoms with van der Waals surface area (Å²) in [6.45, 7) is 8.73. The Balaban J connectivity index is 1.36. The Morgan fingerprint density at radius 2 is 1.43 bits per heavy atom. The lowest BCUT2D eigenvalue weighted by molar-refractivity contribution is -0.956. The number of nitrogens with zero attached hydrogens (tertiary/aromatic N) is 2. The van der Waals surface area contributed by atoms with Gasteiger partial charge in [0.15, 0.2) is 6.79 Å². The van der Waals surface area contributed by atoms with Crippen LogP contribution in [0.15, 0.2) is 60.7 Å². The molecule has 3 saturated heterocycles. The summed E-state index contributed by atoms with van der Waals surface area (Å²) in [6, 6.07) is 20.1. The van der Waals surface area contributed by atoms with E-state index < -0.39 is 11.6 Å². The maximum Gasteiger partial charge on any atom is 0.348 e. The zero-order chi connectivity index (χ0) is 28.0. The summed E-state index contributed by atoms with van der Waals surface area (Å²) >= 11 is 0. The minimum atomic E-state index is -1.54. The van der Waals surface area contributed by atoms with Crippen LogP contribution < -0.4 is 0 Å². The second kappa shape index (κ2) is 12.8. The summed E-state index contributed by atoms with van der Waals surface area (Å²) in [5.41, 5.74) is -0.225. The third-order valence-electron chi connectivity index (χ3n) is 9.70. The van der Waals surface area contributed by atoms with E-state index in [0.29, 0.717) is 29.8 Å². The van der Waals surface area contributed by atoms with Crippen LogP contribution in [0.1, 0.15) is 69.9 Å². The second-order valence-corrected chi connectivity index (χ2v) is 11.6. The molecule has 2 aromatic rings. The SMILES string of the molecule is CCN(CC)CCC(=O)OCOC(C(=O)OC1CC2CCC(C1)[N+]21CCCC1)(c1ccccc1)c1ccccc1. The molecule has 1 spiro atoms. The van der Waals surface area contributed by atoms with Gasteiger partial charge in [-0.05, 0) is 24.2 Å². The smallest absolute Gasteiger partial charge is 0.348 e. The largest absolute Gasteiger partial charge is 0.459 e. The minimum absolute atomic E-state index is 0.138. The van der Waals surface area contributed by atoms with Crippen LogP contribution in [0.4, 0.5) is 0 Å². The van der Waals surface area contributed by atoms with Crippen LogP contribution in [0.3, 0.4) is 0 Å². The first-order chi connectivity index (χ1) is 19.5. The molecule has 0 saturated carbocycles. The van der Waals surface area contributed by atoms with E-state index in [1.807, 2.05) is 60.7 Å². The highest BCUT2D eigenvalue weighted by atomic mass is 16.7. The van der Waals surface area contributed by atoms with Gasteiger partial charge >= 0.3 is 11.9 Å². The van der Waals surface area contributed by atoms with E-state index in [-0.39, 0.29) is 25.3 Å². The standard InChI is InChI=1S/C33H45N2O5/c1-3-34(4-2)20-19-31(36)38-25-39-33(26-13-7-5-8-14-26,27-15-9-6-10-16-27)32(37)40-30-23-28-17-18-29(24-30)35(28)21-11-12-22-35/h5-10,13-16,28-30H,3-4,11-12,17-25H2,1-2H3/q+1. The molecule has 2 unspecified atom stereocenters. The predicted molar refractivity (Wildman–Crippen MR) is 153 cm³/mol. The third-order valence-corrected chi connectivity index (χ3v) is 9.70. The number of benzene rings is 2. The van der Waals surface area contributed by atoms with Gasteiger partial charge in [-0.1, -0.05) is 74.5 Å². The molecule has 0 aliphatic carbocycles. The first-order valence-electron chi connectivity index (χ1n) is 15.2. The number of quaternary nitrogens is 1. The Kier molecular flexibility index (Phi) is 9.24. The zero-order valence-electron chi connectivity index (χ0n) is 24.1. The fraction of sp³-hybridized carbons (Fsp3) is 0.576. The lowest BCUT2D eigenvalue weighted by atomic mass is 9.85. The maximum absolute atomic E-state index is 14.3. The molecule has 0 aromatic heterocycles. The molecule has 216 valence electrons. The normalized spacial score (nSPS) is 23.4. The van der Waals surface area contributed by atoms with Gasteiger partial charge in [0.05, 0.1) is 31.6 Å². The molecular weight excluding hydrogens is 504 g/mol. The van der Waals surface area contributed by atoms with E-state index in [1.165, 1.54) is 43.3 Å². The predicted octanol–water partition coefficient (Wildman–Crippen LogP) is 5.03. The molecule has 7 nitrogen and oxygen atoms in total. The summed E-state index contributed by atoms with van der Waals surface area (Å²) in [4.78, 5) is 29.1. The summed E-state index contributed by atoms with van der Waals surface area (Å²) in [5, 5.41) is 0. The van der Waals surface area contributed by atoms with E-state index in [2.05, 4.69) is 18.7 Å². The Morgan fingerprint density at radius 1 is 0.875 bits per heavy atom. The fourth-order valence-corrected chi connectivity index (χ4v) is 7.56. The van der Waals surface area contributed by atoms with Gasteiger partial charge in [-0.25, -0.2) is 4.79 Å². The molecule has 7 heteroatoms. The molecule has 3 heterocycles. The van der Waals surface area contributed by atoms with Gasteiger partial charge in [-0.15, -0.1) is 0 Å². The molecule has 3 aliphatic heterocycles. The van der Waals surface area contributed by atoms with Gasteiger partial charge in [0.2, 0.25) is 5.60 Å². The van der Waals surface area contributed by atoms with Crippen molar-refractivity contribution in [3.05, 3.63) is 71.8 Å². The molecule has 2 aromatic carbocycles. The molecule has 0 amide bonds. The maximum atomic E-state index is 14.3. The van der Waals surface area contributed by atoms with Gasteiger partial charge in [0.1, 0.15) is 6.10 Å². The van der Waals surface area contributed by atoms with Crippen LogP contribution in [-0.4, -0.2) is 79.0 Å². The average Bonchev–Trinajstić information content (AvgIpc) is 3.53. The van der Waals surface area contributed by atoms with Gasteiger partial charge in [0, 0.05) is 45.1 Å². The van der Waals surface area contributed by atoms with Gasteiger partial charge in [-0.2, -0.15) is 0 Å². The first-order valence-corrected chi connectivity index (χ1v) is 15.2. The first kappa shape index (κ1) is 28.8. The van der Waals surface area contributed by atoms with Crippen molar-refractivity contribution >= 4 is 11.9 Å². The lowest BCUT2D eigenvalue weighted by Crippen LogP contribution is -2.60. The summed E-state index contributed by atoms with van der Waals surface area (Å²) in [5.74, 6) is -0.790. The van der Waals surface area contributed by atoms with Crippen LogP contribution in [-0.2, 0) is 29.4 Å². The number of carbonyl (C=O) groups is 2. The number of esters is 2. The summed E-state index contributed by atoms with van der Waals surface area (Å²) < 4.78 is 19.5. The van der Waals surface area contributed by atoms with E-state index in [0.717, 1.165) is 25.9 Å². The van der Waals surface area contributed by atoms with E-state index in [4.69, 9.17) is 14.2 Å². The minimum Gasteiger partial charge on any atom is -0.459 e. The summed E-state index contributed by atoms with van der Waals surface area (Å²) in [6.07, 6.45) is 7.01. The number of ether oxygens (including phenoxy) is 3. The molecule has 40 heavy (non-hydrogen) atoms. The highest BCUT2D eigenvalue weighted by molar-refractivity contribution is 5.86. The Labute approximate surface area is 239 Å². The number of rotatable bonds is 12. The molecule has 3 aliphatic rings. The molecule has 5 rings (SSSR count). The van der Waals surface area contributed by atoms with E-state index >= 15 is 0 Å². The van der Waals surface area contributed by atoms with Crippen LogP contribution in [0, 0.1) is 0 Å². The molecule has 0 radical (unpaired) electrons. The number of carbonyl (C=O) groups excluding carboxylic acids is 2. The van der Waals surface area contributed by atoms with Crippen molar-refractivity contribution in [2.45, 2.75) is 82.6 Å². The lowest BCUT2D eigenvalue weighted by Gasteiger charge is -2.47. The fourth-order valence-electron chi connectivity index (χ4n) is 7.56. The van der Waals surface area contributed by atoms with Crippen molar-refractivity contribution in [2.24, 2.45) is 0 Å². The van der Waals surface area contributed by atoms with Crippen molar-refractivity contribution in [1.29, 1.82) is 0 Å². The van der Waals surface area contributed by atoms with Crippen molar-refractivity contribution in [3.63, 3.8) is 0 Å². The van der Waals surface area contributed by atoms with Gasteiger partial charge < -0.3 is 23.6 Å². The monoisotopic (exact) mass is 549 g/mol. The molecular formula is C33H45N2O5+. The molecule has 3 fully saturated rings. The van der Waals surface area contributed by atoms with Crippen LogP contribution in [0.2, 0.25) is 0 Å². The van der Waals surface area contributed by atoms with Gasteiger partial charge in [0.25, 0.3) is 0 Å². The van der Waals surface area contributed by atoms with Crippen LogP contribution in [0.25, 0.3) is 0 Å². The number of hydrogen-bond acceptors (Lipinski definition) is 6. The molecule has 2 bridgehead atoms. The number of piperidine rings is 1. The average molecular weight is 550 g/mol. The number of hydrogen-bond donors (Lipinski definition) is 0.